The molecule has 0 radical (unpaired) electrons. The zero-order chi connectivity index (χ0) is 20.8. The largest absolute Gasteiger partial charge is 0.493 e. The number of aromatic amines is 1. The molecular formula is C23H30N3O3+. The number of para-hydroxylation sites is 2. The number of amides is 1. The number of benzene rings is 2. The van der Waals surface area contributed by atoms with Gasteiger partial charge in [0.05, 0.1) is 26.7 Å². The minimum Gasteiger partial charge on any atom is -0.493 e. The van der Waals surface area contributed by atoms with Crippen LogP contribution in [0.15, 0.2) is 48.7 Å². The van der Waals surface area contributed by atoms with Crippen molar-refractivity contribution in [2.24, 2.45) is 0 Å². The van der Waals surface area contributed by atoms with Crippen molar-refractivity contribution in [3.63, 3.8) is 0 Å². The molecule has 2 aromatic carbocycles. The maximum absolute atomic E-state index is 12.2. The number of hydrogen-bond acceptors (Lipinski definition) is 3. The number of H-pyrrole nitrogens is 1. The van der Waals surface area contributed by atoms with E-state index in [9.17, 15) is 4.79 Å². The summed E-state index contributed by atoms with van der Waals surface area (Å²) in [7, 11) is 3.31. The van der Waals surface area contributed by atoms with E-state index >= 15 is 0 Å². The Balaban J connectivity index is 2.02. The molecule has 0 aliphatic rings. The van der Waals surface area contributed by atoms with E-state index in [0.717, 1.165) is 16.8 Å². The fourth-order valence-electron chi connectivity index (χ4n) is 3.77. The average Bonchev–Trinajstić information content (AvgIpc) is 3.17. The molecule has 0 unspecified atom stereocenters. The van der Waals surface area contributed by atoms with E-state index in [-0.39, 0.29) is 17.9 Å². The lowest BCUT2D eigenvalue weighted by Gasteiger charge is -2.21. The molecule has 154 valence electrons. The predicted molar refractivity (Wildman–Crippen MR) is 115 cm³/mol. The molecule has 6 heteroatoms. The van der Waals surface area contributed by atoms with E-state index in [1.165, 1.54) is 10.9 Å². The van der Waals surface area contributed by atoms with Crippen LogP contribution in [0.5, 0.6) is 11.5 Å². The van der Waals surface area contributed by atoms with Gasteiger partial charge in [-0.1, -0.05) is 30.3 Å². The Labute approximate surface area is 171 Å². The monoisotopic (exact) mass is 396 g/mol. The lowest BCUT2D eigenvalue weighted by molar-refractivity contribution is -0.674. The Bertz CT molecular complexity index is 967. The second-order valence-electron chi connectivity index (χ2n) is 7.08. The van der Waals surface area contributed by atoms with Gasteiger partial charge in [-0.2, -0.15) is 0 Å². The predicted octanol–water partition coefficient (Wildman–Crippen LogP) is 2.41. The Kier molecular flexibility index (Phi) is 6.77. The van der Waals surface area contributed by atoms with Gasteiger partial charge in [-0.25, -0.2) is 0 Å². The molecule has 0 aliphatic heterocycles. The molecule has 0 spiro atoms. The zero-order valence-corrected chi connectivity index (χ0v) is 17.5. The highest BCUT2D eigenvalue weighted by Gasteiger charge is 2.27. The fourth-order valence-corrected chi connectivity index (χ4v) is 3.77. The first-order valence-corrected chi connectivity index (χ1v) is 9.98. The van der Waals surface area contributed by atoms with Crippen molar-refractivity contribution in [2.75, 3.05) is 27.3 Å². The van der Waals surface area contributed by atoms with Gasteiger partial charge in [0.1, 0.15) is 0 Å². The number of quaternary nitrogens is 1. The quantitative estimate of drug-likeness (QED) is 0.520. The Morgan fingerprint density at radius 3 is 2.62 bits per heavy atom. The maximum atomic E-state index is 12.2. The number of nitrogens with two attached hydrogens (primary N) is 1. The lowest BCUT2D eigenvalue weighted by atomic mass is 9.89. The van der Waals surface area contributed by atoms with Crippen molar-refractivity contribution in [2.45, 2.75) is 25.8 Å². The van der Waals surface area contributed by atoms with Crippen molar-refractivity contribution < 1.29 is 19.6 Å². The molecule has 0 bridgehead atoms. The van der Waals surface area contributed by atoms with Crippen molar-refractivity contribution in [3.8, 4) is 11.5 Å². The maximum Gasteiger partial charge on any atom is 0.277 e. The molecule has 3 rings (SSSR count). The van der Waals surface area contributed by atoms with Crippen molar-refractivity contribution >= 4 is 16.8 Å². The molecule has 1 aromatic heterocycles. The van der Waals surface area contributed by atoms with Crippen molar-refractivity contribution in [3.05, 3.63) is 59.8 Å². The van der Waals surface area contributed by atoms with E-state index in [2.05, 4.69) is 40.0 Å². The number of methoxy groups -OCH3 is 2. The molecule has 0 saturated carbocycles. The first kappa shape index (κ1) is 20.7. The van der Waals surface area contributed by atoms with Gasteiger partial charge < -0.3 is 25.1 Å². The molecule has 2 atom stereocenters. The number of aromatic nitrogens is 1. The third-order valence-corrected chi connectivity index (χ3v) is 5.30. The Hall–Kier alpha value is -2.99. The number of ether oxygens (including phenoxy) is 2. The summed E-state index contributed by atoms with van der Waals surface area (Å²) in [5.74, 6) is 1.49. The molecule has 29 heavy (non-hydrogen) atoms. The minimum absolute atomic E-state index is 0.0214. The smallest absolute Gasteiger partial charge is 0.277 e. The van der Waals surface area contributed by atoms with Crippen molar-refractivity contribution in [1.29, 1.82) is 0 Å². The zero-order valence-electron chi connectivity index (χ0n) is 17.5. The van der Waals surface area contributed by atoms with E-state index in [1.807, 2.05) is 38.1 Å². The van der Waals surface area contributed by atoms with E-state index in [0.29, 0.717) is 18.8 Å². The highest BCUT2D eigenvalue weighted by molar-refractivity contribution is 5.84. The van der Waals surface area contributed by atoms with Gasteiger partial charge in [-0.15, -0.1) is 0 Å². The second-order valence-corrected chi connectivity index (χ2v) is 7.08. The highest BCUT2D eigenvalue weighted by Crippen LogP contribution is 2.39. The molecule has 0 saturated heterocycles. The first-order valence-electron chi connectivity index (χ1n) is 9.98. The minimum atomic E-state index is -0.181. The SMILES string of the molecule is CCNC(=O)[C@@H](C)[NH2+]C[C@@H](c1cccc(OC)c1OC)c1c[nH]c2ccccc12. The lowest BCUT2D eigenvalue weighted by Crippen LogP contribution is -2.92. The molecule has 0 fully saturated rings. The van der Waals surface area contributed by atoms with Gasteiger partial charge in [-0.3, -0.25) is 4.79 Å². The topological polar surface area (TPSA) is 80.0 Å². The van der Waals surface area contributed by atoms with Gasteiger partial charge in [0.15, 0.2) is 17.5 Å². The first-order chi connectivity index (χ1) is 14.1. The van der Waals surface area contributed by atoms with Gasteiger partial charge in [-0.05, 0) is 31.5 Å². The summed E-state index contributed by atoms with van der Waals surface area (Å²) >= 11 is 0. The average molecular weight is 397 g/mol. The summed E-state index contributed by atoms with van der Waals surface area (Å²) in [5, 5.41) is 6.14. The van der Waals surface area contributed by atoms with Crippen molar-refractivity contribution in [1.82, 2.24) is 10.3 Å². The van der Waals surface area contributed by atoms with E-state index in [1.54, 1.807) is 14.2 Å². The molecule has 6 nitrogen and oxygen atoms in total. The molecule has 3 aromatic rings. The van der Waals surface area contributed by atoms with Crippen LogP contribution in [0, 0.1) is 0 Å². The number of carbonyl (C=O) groups excluding carboxylic acids is 1. The van der Waals surface area contributed by atoms with Gasteiger partial charge in [0, 0.05) is 29.2 Å². The normalized spacial score (nSPS) is 13.1. The van der Waals surface area contributed by atoms with Crippen LogP contribution in [-0.4, -0.2) is 44.2 Å². The van der Waals surface area contributed by atoms with Gasteiger partial charge in [0.2, 0.25) is 0 Å². The third-order valence-electron chi connectivity index (χ3n) is 5.30. The van der Waals surface area contributed by atoms with Crippen LogP contribution in [0.25, 0.3) is 10.9 Å². The molecule has 4 N–H and O–H groups in total. The summed E-state index contributed by atoms with van der Waals surface area (Å²) in [6.07, 6.45) is 2.05. The fraction of sp³-hybridized carbons (Fsp3) is 0.348. The summed E-state index contributed by atoms with van der Waals surface area (Å²) in [6.45, 7) is 5.19. The number of hydrogen-bond donors (Lipinski definition) is 3. The number of fused-ring (bicyclic) bond motifs is 1. The van der Waals surface area contributed by atoms with Crippen LogP contribution in [0.2, 0.25) is 0 Å². The van der Waals surface area contributed by atoms with Crippen LogP contribution in [0.1, 0.15) is 30.9 Å². The van der Waals surface area contributed by atoms with Gasteiger partial charge in [0.25, 0.3) is 5.91 Å². The number of carbonyl (C=O) groups is 1. The Morgan fingerprint density at radius 1 is 1.10 bits per heavy atom. The molecular weight excluding hydrogens is 366 g/mol. The van der Waals surface area contributed by atoms with Crippen LogP contribution >= 0.6 is 0 Å². The van der Waals surface area contributed by atoms with Crippen LogP contribution in [-0.2, 0) is 4.79 Å². The highest BCUT2D eigenvalue weighted by atomic mass is 16.5. The van der Waals surface area contributed by atoms with Crippen LogP contribution in [0.4, 0.5) is 0 Å². The summed E-state index contributed by atoms with van der Waals surface area (Å²) < 4.78 is 11.2. The summed E-state index contributed by atoms with van der Waals surface area (Å²) in [6, 6.07) is 14.0. The standard InChI is InChI=1S/C23H29N3O3/c1-5-24-23(27)15(2)25-13-19(17-10-8-12-21(28-3)22(17)29-4)18-14-26-20-11-7-6-9-16(18)20/h6-12,14-15,19,25-26H,5,13H2,1-4H3,(H,24,27)/p+1/t15-,19+/m1/s1. The molecule has 1 heterocycles. The van der Waals surface area contributed by atoms with E-state index in [4.69, 9.17) is 9.47 Å². The number of rotatable bonds is 9. The molecule has 0 aliphatic carbocycles. The number of nitrogens with one attached hydrogen (secondary N) is 2. The van der Waals surface area contributed by atoms with E-state index < -0.39 is 0 Å². The molecule has 1 amide bonds. The third kappa shape index (κ3) is 4.38. The Morgan fingerprint density at radius 2 is 1.90 bits per heavy atom. The van der Waals surface area contributed by atoms with Gasteiger partial charge >= 0.3 is 0 Å². The summed E-state index contributed by atoms with van der Waals surface area (Å²) in [4.78, 5) is 15.6. The van der Waals surface area contributed by atoms with Crippen LogP contribution in [0.3, 0.4) is 0 Å². The van der Waals surface area contributed by atoms with Crippen LogP contribution < -0.4 is 20.1 Å². The second kappa shape index (κ2) is 9.47. The summed E-state index contributed by atoms with van der Waals surface area (Å²) in [5.41, 5.74) is 3.30. The number of likely N-dealkylation sites (N-methyl/N-ethyl adjacent to an activating group) is 1.